The van der Waals surface area contributed by atoms with E-state index in [1.807, 2.05) is 0 Å². The highest BCUT2D eigenvalue weighted by molar-refractivity contribution is 6.40. The van der Waals surface area contributed by atoms with Crippen LogP contribution >= 0.6 is 0 Å². The largest absolute Gasteiger partial charge is 0.480 e. The van der Waals surface area contributed by atoms with Crippen LogP contribution in [0, 0.1) is 0 Å². The smallest absolute Gasteiger partial charge is 0.329 e. The number of carboxylic acid groups (broad SMARTS) is 1. The van der Waals surface area contributed by atoms with Crippen LogP contribution in [0.25, 0.3) is 0 Å². The van der Waals surface area contributed by atoms with Crippen LogP contribution in [0.3, 0.4) is 0 Å². The molecule has 100 valence electrons. The van der Waals surface area contributed by atoms with Gasteiger partial charge in [0.05, 0.1) is 0 Å². The first-order valence-corrected chi connectivity index (χ1v) is 5.70. The second-order valence-corrected chi connectivity index (χ2v) is 4.41. The topological polar surface area (TPSA) is 99.1 Å². The first-order chi connectivity index (χ1) is 8.30. The lowest BCUT2D eigenvalue weighted by atomic mass is 9.98. The molecule has 0 radical (unpaired) electrons. The second kappa shape index (κ2) is 5.16. The highest BCUT2D eigenvalue weighted by Gasteiger charge is 2.34. The third-order valence-electron chi connectivity index (χ3n) is 3.04. The van der Waals surface area contributed by atoms with Crippen LogP contribution < -0.4 is 5.32 Å². The number of hydrogen-bond acceptors (Lipinski definition) is 4. The standard InChI is InChI=1S/C11H17N3O4/c1-4-11(2,10(17)18)12-9(16)7-5-6-8(15)14(3)13-7/h4-6H2,1-3H3,(H,12,16)(H,17,18). The average Bonchev–Trinajstić information content (AvgIpc) is 2.32. The summed E-state index contributed by atoms with van der Waals surface area (Å²) in [5.41, 5.74) is -1.14. The van der Waals surface area contributed by atoms with Crippen molar-refractivity contribution in [3.8, 4) is 0 Å². The van der Waals surface area contributed by atoms with Crippen LogP contribution in [0.5, 0.6) is 0 Å². The molecule has 0 aliphatic carbocycles. The number of nitrogens with one attached hydrogen (secondary N) is 1. The number of hydrogen-bond donors (Lipinski definition) is 2. The summed E-state index contributed by atoms with van der Waals surface area (Å²) in [6.45, 7) is 3.11. The molecular formula is C11H17N3O4. The van der Waals surface area contributed by atoms with Gasteiger partial charge in [-0.25, -0.2) is 9.80 Å². The molecule has 7 nitrogen and oxygen atoms in total. The number of carbonyl (C=O) groups is 3. The highest BCUT2D eigenvalue weighted by Crippen LogP contribution is 2.12. The normalized spacial score (nSPS) is 18.9. The fourth-order valence-electron chi connectivity index (χ4n) is 1.45. The third kappa shape index (κ3) is 2.85. The molecule has 0 saturated carbocycles. The summed E-state index contributed by atoms with van der Waals surface area (Å²) in [6.07, 6.45) is 0.698. The number of aliphatic carboxylic acids is 1. The number of rotatable bonds is 4. The van der Waals surface area contributed by atoms with Crippen LogP contribution in [0.1, 0.15) is 33.1 Å². The van der Waals surface area contributed by atoms with Gasteiger partial charge in [-0.2, -0.15) is 5.10 Å². The molecule has 0 spiro atoms. The second-order valence-electron chi connectivity index (χ2n) is 4.41. The van der Waals surface area contributed by atoms with E-state index in [2.05, 4.69) is 10.4 Å². The Morgan fingerprint density at radius 1 is 1.50 bits per heavy atom. The summed E-state index contributed by atoms with van der Waals surface area (Å²) in [7, 11) is 1.46. The minimum absolute atomic E-state index is 0.164. The van der Waals surface area contributed by atoms with Crippen LogP contribution in [-0.4, -0.2) is 46.2 Å². The number of nitrogens with zero attached hydrogens (tertiary/aromatic N) is 2. The molecule has 1 atom stereocenters. The molecule has 0 saturated heterocycles. The summed E-state index contributed by atoms with van der Waals surface area (Å²) < 4.78 is 0. The SMILES string of the molecule is CCC(C)(NC(=O)C1=NN(C)C(=O)CC1)C(=O)O. The molecule has 1 rings (SSSR count). The van der Waals surface area contributed by atoms with Gasteiger partial charge in [0.1, 0.15) is 11.3 Å². The van der Waals surface area contributed by atoms with Crippen molar-refractivity contribution in [2.24, 2.45) is 5.10 Å². The van der Waals surface area contributed by atoms with Gasteiger partial charge in [-0.3, -0.25) is 9.59 Å². The van der Waals surface area contributed by atoms with E-state index in [0.717, 1.165) is 5.01 Å². The molecule has 0 bridgehead atoms. The fraction of sp³-hybridized carbons (Fsp3) is 0.636. The summed E-state index contributed by atoms with van der Waals surface area (Å²) in [5.74, 6) is -1.80. The molecule has 1 unspecified atom stereocenters. The number of hydrazone groups is 1. The summed E-state index contributed by atoms with van der Waals surface area (Å²) in [5, 5.41) is 16.4. The highest BCUT2D eigenvalue weighted by atomic mass is 16.4. The van der Waals surface area contributed by atoms with Gasteiger partial charge in [-0.15, -0.1) is 0 Å². The molecule has 0 aromatic rings. The zero-order valence-electron chi connectivity index (χ0n) is 10.7. The molecule has 7 heteroatoms. The number of carbonyl (C=O) groups excluding carboxylic acids is 2. The quantitative estimate of drug-likeness (QED) is 0.736. The maximum atomic E-state index is 11.9. The van der Waals surface area contributed by atoms with Gasteiger partial charge in [0.2, 0.25) is 5.91 Å². The lowest BCUT2D eigenvalue weighted by Gasteiger charge is -2.26. The van der Waals surface area contributed by atoms with Gasteiger partial charge >= 0.3 is 5.97 Å². The zero-order chi connectivity index (χ0) is 13.9. The monoisotopic (exact) mass is 255 g/mol. The first kappa shape index (κ1) is 14.1. The van der Waals surface area contributed by atoms with Crippen LogP contribution in [0.4, 0.5) is 0 Å². The lowest BCUT2D eigenvalue weighted by molar-refractivity contribution is -0.146. The molecule has 2 amide bonds. The maximum Gasteiger partial charge on any atom is 0.329 e. The Morgan fingerprint density at radius 3 is 2.56 bits per heavy atom. The minimum Gasteiger partial charge on any atom is -0.480 e. The summed E-state index contributed by atoms with van der Waals surface area (Å²) in [6, 6.07) is 0. The molecule has 18 heavy (non-hydrogen) atoms. The Morgan fingerprint density at radius 2 is 2.11 bits per heavy atom. The molecule has 1 heterocycles. The van der Waals surface area contributed by atoms with E-state index < -0.39 is 17.4 Å². The lowest BCUT2D eigenvalue weighted by Crippen LogP contribution is -2.54. The molecule has 0 aromatic carbocycles. The van der Waals surface area contributed by atoms with Crippen molar-refractivity contribution in [1.82, 2.24) is 10.3 Å². The molecule has 1 aliphatic heterocycles. The van der Waals surface area contributed by atoms with E-state index >= 15 is 0 Å². The van der Waals surface area contributed by atoms with Crippen molar-refractivity contribution in [3.63, 3.8) is 0 Å². The van der Waals surface area contributed by atoms with Crippen molar-refractivity contribution >= 4 is 23.5 Å². The van der Waals surface area contributed by atoms with E-state index in [4.69, 9.17) is 5.11 Å². The minimum atomic E-state index is -1.32. The fourth-order valence-corrected chi connectivity index (χ4v) is 1.45. The number of carboxylic acids is 1. The number of amides is 2. The van der Waals surface area contributed by atoms with Gasteiger partial charge in [0.15, 0.2) is 0 Å². The van der Waals surface area contributed by atoms with Crippen molar-refractivity contribution in [1.29, 1.82) is 0 Å². The van der Waals surface area contributed by atoms with Crippen molar-refractivity contribution < 1.29 is 19.5 Å². The van der Waals surface area contributed by atoms with E-state index in [9.17, 15) is 14.4 Å². The molecule has 0 fully saturated rings. The zero-order valence-corrected chi connectivity index (χ0v) is 10.7. The first-order valence-electron chi connectivity index (χ1n) is 5.70. The molecule has 0 aromatic heterocycles. The van der Waals surface area contributed by atoms with Crippen LogP contribution in [0.2, 0.25) is 0 Å². The Labute approximate surface area is 105 Å². The van der Waals surface area contributed by atoms with Crippen LogP contribution in [-0.2, 0) is 14.4 Å². The summed E-state index contributed by atoms with van der Waals surface area (Å²) in [4.78, 5) is 34.2. The van der Waals surface area contributed by atoms with Crippen molar-refractivity contribution in [3.05, 3.63) is 0 Å². The van der Waals surface area contributed by atoms with E-state index in [-0.39, 0.29) is 30.9 Å². The molecule has 1 aliphatic rings. The predicted molar refractivity (Wildman–Crippen MR) is 63.9 cm³/mol. The van der Waals surface area contributed by atoms with Crippen molar-refractivity contribution in [2.75, 3.05) is 7.05 Å². The molecular weight excluding hydrogens is 238 g/mol. The summed E-state index contributed by atoms with van der Waals surface area (Å²) >= 11 is 0. The average molecular weight is 255 g/mol. The van der Waals surface area contributed by atoms with Crippen molar-refractivity contribution in [2.45, 2.75) is 38.6 Å². The van der Waals surface area contributed by atoms with E-state index in [1.165, 1.54) is 14.0 Å². The van der Waals surface area contributed by atoms with Gasteiger partial charge < -0.3 is 10.4 Å². The van der Waals surface area contributed by atoms with E-state index in [0.29, 0.717) is 0 Å². The van der Waals surface area contributed by atoms with Gasteiger partial charge in [0, 0.05) is 19.9 Å². The Kier molecular flexibility index (Phi) is 4.05. The molecule has 2 N–H and O–H groups in total. The van der Waals surface area contributed by atoms with Gasteiger partial charge in [-0.1, -0.05) is 6.92 Å². The maximum absolute atomic E-state index is 11.9. The Hall–Kier alpha value is -1.92. The van der Waals surface area contributed by atoms with Crippen LogP contribution in [0.15, 0.2) is 5.10 Å². The van der Waals surface area contributed by atoms with Gasteiger partial charge in [0.25, 0.3) is 5.91 Å². The predicted octanol–water partition coefficient (Wildman–Crippen LogP) is -0.0359. The van der Waals surface area contributed by atoms with E-state index in [1.54, 1.807) is 6.92 Å². The Balaban J connectivity index is 2.81. The third-order valence-corrected chi connectivity index (χ3v) is 3.04. The van der Waals surface area contributed by atoms with Gasteiger partial charge in [-0.05, 0) is 13.3 Å². The Bertz CT molecular complexity index is 419.